The van der Waals surface area contributed by atoms with E-state index in [0.29, 0.717) is 6.42 Å². The Morgan fingerprint density at radius 1 is 1.11 bits per heavy atom. The minimum Gasteiger partial charge on any atom is -0.481 e. The molecule has 0 unspecified atom stereocenters. The molecular formula is C14H25NO4. The Balaban J connectivity index is 2.28. The Hall–Kier alpha value is -1.10. The van der Waals surface area contributed by atoms with Crippen molar-refractivity contribution in [2.24, 2.45) is 17.6 Å². The molecule has 0 bridgehead atoms. The highest BCUT2D eigenvalue weighted by atomic mass is 16.4. The van der Waals surface area contributed by atoms with Gasteiger partial charge < -0.3 is 15.9 Å². The quantitative estimate of drug-likeness (QED) is 0.628. The number of carbonyl (C=O) groups is 2. The summed E-state index contributed by atoms with van der Waals surface area (Å²) in [7, 11) is 0. The van der Waals surface area contributed by atoms with E-state index in [-0.39, 0.29) is 6.42 Å². The van der Waals surface area contributed by atoms with Crippen molar-refractivity contribution in [2.45, 2.75) is 63.8 Å². The number of hydrogen-bond acceptors (Lipinski definition) is 3. The van der Waals surface area contributed by atoms with Crippen LogP contribution in [0.5, 0.6) is 0 Å². The lowest BCUT2D eigenvalue weighted by Gasteiger charge is -2.22. The molecule has 0 saturated heterocycles. The van der Waals surface area contributed by atoms with Crippen LogP contribution < -0.4 is 5.73 Å². The summed E-state index contributed by atoms with van der Waals surface area (Å²) in [4.78, 5) is 21.8. The van der Waals surface area contributed by atoms with E-state index < -0.39 is 23.9 Å². The lowest BCUT2D eigenvalue weighted by atomic mass is 9.84. The largest absolute Gasteiger partial charge is 0.481 e. The van der Waals surface area contributed by atoms with Crippen molar-refractivity contribution in [3.8, 4) is 0 Å². The molecule has 2 atom stereocenters. The van der Waals surface area contributed by atoms with E-state index >= 15 is 0 Å². The molecule has 0 radical (unpaired) electrons. The smallest absolute Gasteiger partial charge is 0.320 e. The Morgan fingerprint density at radius 2 is 1.74 bits per heavy atom. The van der Waals surface area contributed by atoms with Crippen molar-refractivity contribution >= 4 is 11.9 Å². The van der Waals surface area contributed by atoms with E-state index in [0.717, 1.165) is 18.8 Å². The van der Waals surface area contributed by atoms with Crippen LogP contribution in [0.4, 0.5) is 0 Å². The SMILES string of the molecule is N[C@H](C[C@H](CCCC1CCCCC1)C(=O)O)C(=O)O. The van der Waals surface area contributed by atoms with Crippen LogP contribution in [0, 0.1) is 11.8 Å². The number of aliphatic carboxylic acids is 2. The molecule has 1 aliphatic carbocycles. The van der Waals surface area contributed by atoms with Crippen LogP contribution in [0.25, 0.3) is 0 Å². The van der Waals surface area contributed by atoms with Gasteiger partial charge in [0.2, 0.25) is 0 Å². The topological polar surface area (TPSA) is 101 Å². The number of carboxylic acids is 2. The van der Waals surface area contributed by atoms with Gasteiger partial charge in [0.1, 0.15) is 6.04 Å². The molecule has 0 aromatic carbocycles. The molecule has 1 rings (SSSR count). The maximum atomic E-state index is 11.1. The minimum atomic E-state index is -1.13. The van der Waals surface area contributed by atoms with Gasteiger partial charge in [-0.25, -0.2) is 0 Å². The summed E-state index contributed by atoms with van der Waals surface area (Å²) in [5.41, 5.74) is 5.41. The highest BCUT2D eigenvalue weighted by Gasteiger charge is 2.24. The molecule has 0 aromatic rings. The molecule has 0 aliphatic heterocycles. The molecule has 1 fully saturated rings. The number of rotatable bonds is 8. The second-order valence-electron chi connectivity index (χ2n) is 5.65. The molecule has 19 heavy (non-hydrogen) atoms. The summed E-state index contributed by atoms with van der Waals surface area (Å²) >= 11 is 0. The van der Waals surface area contributed by atoms with E-state index in [9.17, 15) is 9.59 Å². The summed E-state index contributed by atoms with van der Waals surface area (Å²) in [6.45, 7) is 0. The summed E-state index contributed by atoms with van der Waals surface area (Å²) in [5, 5.41) is 17.8. The van der Waals surface area contributed by atoms with Crippen molar-refractivity contribution in [2.75, 3.05) is 0 Å². The van der Waals surface area contributed by atoms with E-state index in [2.05, 4.69) is 0 Å². The molecule has 5 nitrogen and oxygen atoms in total. The second-order valence-corrected chi connectivity index (χ2v) is 5.65. The fraction of sp³-hybridized carbons (Fsp3) is 0.857. The first-order valence-electron chi connectivity index (χ1n) is 7.22. The van der Waals surface area contributed by atoms with Crippen LogP contribution in [-0.4, -0.2) is 28.2 Å². The van der Waals surface area contributed by atoms with Crippen LogP contribution >= 0.6 is 0 Å². The number of carboxylic acid groups (broad SMARTS) is 2. The number of hydrogen-bond donors (Lipinski definition) is 3. The Labute approximate surface area is 114 Å². The average molecular weight is 271 g/mol. The fourth-order valence-corrected chi connectivity index (χ4v) is 2.88. The van der Waals surface area contributed by atoms with Crippen LogP contribution in [0.3, 0.4) is 0 Å². The number of nitrogens with two attached hydrogens (primary N) is 1. The predicted octanol–water partition coefficient (Wildman–Crippen LogP) is 2.24. The van der Waals surface area contributed by atoms with Gasteiger partial charge in [0.05, 0.1) is 5.92 Å². The van der Waals surface area contributed by atoms with Gasteiger partial charge >= 0.3 is 11.9 Å². The molecule has 0 amide bonds. The van der Waals surface area contributed by atoms with Crippen molar-refractivity contribution in [3.05, 3.63) is 0 Å². The van der Waals surface area contributed by atoms with Gasteiger partial charge in [-0.15, -0.1) is 0 Å². The summed E-state index contributed by atoms with van der Waals surface area (Å²) in [6, 6.07) is -1.07. The van der Waals surface area contributed by atoms with Gasteiger partial charge in [0.15, 0.2) is 0 Å². The lowest BCUT2D eigenvalue weighted by molar-refractivity contribution is -0.143. The first-order valence-corrected chi connectivity index (χ1v) is 7.22. The maximum absolute atomic E-state index is 11.1. The second kappa shape index (κ2) is 8.15. The molecule has 5 heteroatoms. The third-order valence-electron chi connectivity index (χ3n) is 4.09. The van der Waals surface area contributed by atoms with Crippen molar-refractivity contribution in [3.63, 3.8) is 0 Å². The van der Waals surface area contributed by atoms with Crippen LogP contribution in [0.2, 0.25) is 0 Å². The molecule has 0 spiro atoms. The van der Waals surface area contributed by atoms with Gasteiger partial charge in [-0.05, 0) is 18.8 Å². The Bertz CT molecular complexity index is 300. The molecule has 1 aliphatic rings. The summed E-state index contributed by atoms with van der Waals surface area (Å²) in [6.07, 6.45) is 8.89. The average Bonchev–Trinajstić information content (AvgIpc) is 2.38. The maximum Gasteiger partial charge on any atom is 0.320 e. The van der Waals surface area contributed by atoms with Gasteiger partial charge in [0, 0.05) is 0 Å². The normalized spacial score (nSPS) is 19.8. The molecule has 0 heterocycles. The van der Waals surface area contributed by atoms with Gasteiger partial charge in [0.25, 0.3) is 0 Å². The monoisotopic (exact) mass is 271 g/mol. The third-order valence-corrected chi connectivity index (χ3v) is 4.09. The zero-order valence-electron chi connectivity index (χ0n) is 11.4. The van der Waals surface area contributed by atoms with E-state index in [1.54, 1.807) is 0 Å². The first kappa shape index (κ1) is 16.0. The van der Waals surface area contributed by atoms with Crippen LogP contribution in [0.15, 0.2) is 0 Å². The standard InChI is InChI=1S/C14H25NO4/c15-12(14(18)19)9-11(13(16)17)8-4-7-10-5-2-1-3-6-10/h10-12H,1-9,15H2,(H,16,17)(H,18,19)/t11-,12+/m0/s1. The molecular weight excluding hydrogens is 246 g/mol. The molecule has 110 valence electrons. The zero-order chi connectivity index (χ0) is 14.3. The molecule has 1 saturated carbocycles. The Kier molecular flexibility index (Phi) is 6.84. The first-order chi connectivity index (χ1) is 9.00. The van der Waals surface area contributed by atoms with E-state index in [1.165, 1.54) is 32.1 Å². The van der Waals surface area contributed by atoms with Crippen molar-refractivity contribution < 1.29 is 19.8 Å². The third kappa shape index (κ3) is 6.05. The van der Waals surface area contributed by atoms with Crippen molar-refractivity contribution in [1.82, 2.24) is 0 Å². The van der Waals surface area contributed by atoms with Gasteiger partial charge in [-0.1, -0.05) is 44.9 Å². The van der Waals surface area contributed by atoms with E-state index in [4.69, 9.17) is 15.9 Å². The van der Waals surface area contributed by atoms with Crippen LogP contribution in [0.1, 0.15) is 57.8 Å². The fourth-order valence-electron chi connectivity index (χ4n) is 2.88. The minimum absolute atomic E-state index is 0.0231. The summed E-state index contributed by atoms with van der Waals surface area (Å²) in [5.74, 6) is -1.95. The highest BCUT2D eigenvalue weighted by Crippen LogP contribution is 2.28. The van der Waals surface area contributed by atoms with Crippen LogP contribution in [-0.2, 0) is 9.59 Å². The molecule has 0 aromatic heterocycles. The summed E-state index contributed by atoms with van der Waals surface area (Å²) < 4.78 is 0. The molecule has 4 N–H and O–H groups in total. The zero-order valence-corrected chi connectivity index (χ0v) is 11.4. The Morgan fingerprint density at radius 3 is 2.26 bits per heavy atom. The van der Waals surface area contributed by atoms with Gasteiger partial charge in [-0.3, -0.25) is 9.59 Å². The lowest BCUT2D eigenvalue weighted by Crippen LogP contribution is -2.34. The predicted molar refractivity (Wildman–Crippen MR) is 71.8 cm³/mol. The van der Waals surface area contributed by atoms with E-state index in [1.807, 2.05) is 0 Å². The van der Waals surface area contributed by atoms with Crippen molar-refractivity contribution in [1.29, 1.82) is 0 Å². The highest BCUT2D eigenvalue weighted by molar-refractivity contribution is 5.75. The van der Waals surface area contributed by atoms with Gasteiger partial charge in [-0.2, -0.15) is 0 Å².